The van der Waals surface area contributed by atoms with E-state index < -0.39 is 49.4 Å². The van der Waals surface area contributed by atoms with Gasteiger partial charge in [0.1, 0.15) is 28.6 Å². The van der Waals surface area contributed by atoms with Crippen LogP contribution in [0, 0.1) is 11.2 Å². The van der Waals surface area contributed by atoms with E-state index in [4.69, 9.17) is 4.74 Å². The third kappa shape index (κ3) is 3.89. The van der Waals surface area contributed by atoms with Crippen molar-refractivity contribution in [2.24, 2.45) is 5.41 Å². The molecule has 0 spiro atoms. The molecule has 1 aromatic rings. The number of nitrogens with one attached hydrogen (secondary N) is 1. The number of ether oxygens (including phenoxy) is 1. The number of benzene rings is 1. The smallest absolute Gasteiger partial charge is 0.267 e. The number of halogens is 4. The summed E-state index contributed by atoms with van der Waals surface area (Å²) in [6.07, 6.45) is 1.69. The highest BCUT2D eigenvalue weighted by Gasteiger charge is 2.70. The van der Waals surface area contributed by atoms with Crippen LogP contribution in [0.4, 0.5) is 17.6 Å². The topological polar surface area (TPSA) is 72.5 Å². The average molecular weight is 502 g/mol. The molecule has 0 atom stereocenters. The molecule has 0 saturated heterocycles. The molecule has 1 amide bonds. The van der Waals surface area contributed by atoms with Crippen molar-refractivity contribution in [3.8, 4) is 5.75 Å². The van der Waals surface area contributed by atoms with Crippen LogP contribution in [0.25, 0.3) is 0 Å². The first-order valence-electron chi connectivity index (χ1n) is 11.9. The zero-order chi connectivity index (χ0) is 24.1. The fourth-order valence-corrected chi connectivity index (χ4v) is 8.38. The first-order chi connectivity index (χ1) is 15.8. The Hall–Kier alpha value is -1.84. The molecule has 4 bridgehead atoms. The van der Waals surface area contributed by atoms with Gasteiger partial charge in [-0.15, -0.1) is 0 Å². The molecule has 6 fully saturated rings. The standard InChI is InChI=1S/C24H27F4NO4S/c25-18-6-19(16(14-1-2-14)5-17(18)20(30)29-34(31,32)15-3-4-15)33-13-21-7-22(26)10-23(27,8-21)12-24(28,9-21)11-22/h5-6,14-15H,1-4,7-13H2,(H,29,30). The summed E-state index contributed by atoms with van der Waals surface area (Å²) in [6, 6.07) is 2.35. The predicted octanol–water partition coefficient (Wildman–Crippen LogP) is 4.80. The van der Waals surface area contributed by atoms with Gasteiger partial charge in [0.25, 0.3) is 5.91 Å². The molecule has 186 valence electrons. The van der Waals surface area contributed by atoms with Gasteiger partial charge in [-0.1, -0.05) is 0 Å². The van der Waals surface area contributed by atoms with Crippen molar-refractivity contribution >= 4 is 15.9 Å². The van der Waals surface area contributed by atoms with Crippen molar-refractivity contribution in [1.82, 2.24) is 4.72 Å². The molecule has 1 aromatic carbocycles. The molecule has 6 aliphatic rings. The monoisotopic (exact) mass is 501 g/mol. The molecule has 34 heavy (non-hydrogen) atoms. The molecule has 0 heterocycles. The number of carbonyl (C=O) groups excluding carboxylic acids is 1. The van der Waals surface area contributed by atoms with E-state index in [1.54, 1.807) is 0 Å². The Morgan fingerprint density at radius 1 is 0.941 bits per heavy atom. The number of hydrogen-bond donors (Lipinski definition) is 1. The zero-order valence-corrected chi connectivity index (χ0v) is 19.5. The van der Waals surface area contributed by atoms with Gasteiger partial charge in [-0.3, -0.25) is 4.79 Å². The second-order valence-corrected chi connectivity index (χ2v) is 13.6. The molecule has 7 rings (SSSR count). The highest BCUT2D eigenvalue weighted by Crippen LogP contribution is 2.68. The Bertz CT molecular complexity index is 1130. The number of alkyl halides is 3. The highest BCUT2D eigenvalue weighted by molar-refractivity contribution is 7.91. The number of amides is 1. The lowest BCUT2D eigenvalue weighted by molar-refractivity contribution is -0.223. The van der Waals surface area contributed by atoms with Gasteiger partial charge in [-0.2, -0.15) is 0 Å². The van der Waals surface area contributed by atoms with Crippen LogP contribution in [-0.4, -0.2) is 43.2 Å². The maximum atomic E-state index is 15.3. The van der Waals surface area contributed by atoms with Crippen LogP contribution in [0.2, 0.25) is 0 Å². The molecule has 5 nitrogen and oxygen atoms in total. The fraction of sp³-hybridized carbons (Fsp3) is 0.708. The van der Waals surface area contributed by atoms with E-state index in [9.17, 15) is 17.6 Å². The first kappa shape index (κ1) is 22.6. The molecule has 0 radical (unpaired) electrons. The van der Waals surface area contributed by atoms with Gasteiger partial charge in [0, 0.05) is 30.7 Å². The number of sulfonamides is 1. The summed E-state index contributed by atoms with van der Waals surface area (Å²) in [7, 11) is -3.84. The summed E-state index contributed by atoms with van der Waals surface area (Å²) in [6.45, 7) is -0.142. The first-order valence-corrected chi connectivity index (χ1v) is 13.4. The largest absolute Gasteiger partial charge is 0.493 e. The lowest BCUT2D eigenvalue weighted by Crippen LogP contribution is -2.66. The van der Waals surface area contributed by atoms with Crippen molar-refractivity contribution in [2.45, 2.75) is 92.4 Å². The van der Waals surface area contributed by atoms with Crippen LogP contribution in [0.15, 0.2) is 12.1 Å². The molecule has 0 aromatic heterocycles. The molecule has 6 aliphatic carbocycles. The maximum Gasteiger partial charge on any atom is 0.267 e. The van der Waals surface area contributed by atoms with E-state index >= 15 is 13.2 Å². The third-order valence-electron chi connectivity index (χ3n) is 8.07. The summed E-state index contributed by atoms with van der Waals surface area (Å²) in [5, 5.41) is -0.623. The van der Waals surface area contributed by atoms with Gasteiger partial charge in [0.15, 0.2) is 0 Å². The fourth-order valence-electron chi connectivity index (χ4n) is 7.08. The summed E-state index contributed by atoms with van der Waals surface area (Å²) in [5.41, 5.74) is -6.55. The minimum Gasteiger partial charge on any atom is -0.493 e. The van der Waals surface area contributed by atoms with Crippen LogP contribution in [0.1, 0.15) is 86.0 Å². The third-order valence-corrected chi connectivity index (χ3v) is 9.89. The molecule has 0 unspecified atom stereocenters. The minimum absolute atomic E-state index is 0.0120. The number of carbonyl (C=O) groups is 1. The Balaban J connectivity index is 1.25. The van der Waals surface area contributed by atoms with Crippen molar-refractivity contribution in [1.29, 1.82) is 0 Å². The van der Waals surface area contributed by atoms with Crippen LogP contribution in [0.5, 0.6) is 5.75 Å². The van der Waals surface area contributed by atoms with Crippen LogP contribution >= 0.6 is 0 Å². The Morgan fingerprint density at radius 3 is 2.00 bits per heavy atom. The average Bonchev–Trinajstić information content (AvgIpc) is 3.55. The van der Waals surface area contributed by atoms with Crippen LogP contribution in [-0.2, 0) is 10.0 Å². The van der Waals surface area contributed by atoms with E-state index in [0.29, 0.717) is 18.4 Å². The van der Waals surface area contributed by atoms with Crippen molar-refractivity contribution in [3.63, 3.8) is 0 Å². The van der Waals surface area contributed by atoms with Crippen LogP contribution in [0.3, 0.4) is 0 Å². The van der Waals surface area contributed by atoms with Gasteiger partial charge in [-0.25, -0.2) is 30.7 Å². The van der Waals surface area contributed by atoms with E-state index in [1.807, 2.05) is 4.72 Å². The SMILES string of the molecule is O=C(NS(=O)(=O)C1CC1)c1cc(C2CC2)c(OCC23CC4(F)CC(F)(CC(F)(C4)C2)C3)cc1F. The van der Waals surface area contributed by atoms with Gasteiger partial charge < -0.3 is 4.74 Å². The van der Waals surface area contributed by atoms with E-state index in [-0.39, 0.29) is 62.4 Å². The van der Waals surface area contributed by atoms with E-state index in [0.717, 1.165) is 18.9 Å². The quantitative estimate of drug-likeness (QED) is 0.545. The molecule has 10 heteroatoms. The summed E-state index contributed by atoms with van der Waals surface area (Å²) >= 11 is 0. The molecule has 1 N–H and O–H groups in total. The van der Waals surface area contributed by atoms with E-state index in [1.165, 1.54) is 6.07 Å². The zero-order valence-electron chi connectivity index (χ0n) is 18.6. The molecular weight excluding hydrogens is 474 g/mol. The van der Waals surface area contributed by atoms with Gasteiger partial charge in [0.05, 0.1) is 17.4 Å². The van der Waals surface area contributed by atoms with Gasteiger partial charge in [-0.05, 0) is 62.5 Å². The second kappa shape index (κ2) is 6.89. The Morgan fingerprint density at radius 2 is 1.50 bits per heavy atom. The number of rotatable bonds is 7. The summed E-state index contributed by atoms with van der Waals surface area (Å²) in [5.74, 6) is -1.80. The van der Waals surface area contributed by atoms with Gasteiger partial charge >= 0.3 is 0 Å². The molecule has 0 aliphatic heterocycles. The Labute approximate surface area is 195 Å². The van der Waals surface area contributed by atoms with E-state index in [2.05, 4.69) is 0 Å². The van der Waals surface area contributed by atoms with Crippen molar-refractivity contribution in [3.05, 3.63) is 29.1 Å². The van der Waals surface area contributed by atoms with Crippen molar-refractivity contribution in [2.75, 3.05) is 6.61 Å². The maximum absolute atomic E-state index is 15.3. The van der Waals surface area contributed by atoms with Crippen molar-refractivity contribution < 1.29 is 35.5 Å². The molecule has 6 saturated carbocycles. The molecular formula is C24H27F4NO4S. The summed E-state index contributed by atoms with van der Waals surface area (Å²) in [4.78, 5) is 12.5. The summed E-state index contributed by atoms with van der Waals surface area (Å²) < 4.78 is 92.8. The highest BCUT2D eigenvalue weighted by atomic mass is 32.2. The lowest BCUT2D eigenvalue weighted by atomic mass is 9.46. The second-order valence-electron chi connectivity index (χ2n) is 11.6. The lowest BCUT2D eigenvalue weighted by Gasteiger charge is -2.62. The predicted molar refractivity (Wildman–Crippen MR) is 115 cm³/mol. The Kier molecular flexibility index (Phi) is 4.58. The van der Waals surface area contributed by atoms with Crippen LogP contribution < -0.4 is 9.46 Å². The van der Waals surface area contributed by atoms with Gasteiger partial charge in [0.2, 0.25) is 10.0 Å². The minimum atomic E-state index is -3.84. The number of hydrogen-bond acceptors (Lipinski definition) is 4. The normalized spacial score (nSPS) is 38.7.